The first-order valence-electron chi connectivity index (χ1n) is 6.01. The molecule has 0 saturated carbocycles. The van der Waals surface area contributed by atoms with Crippen LogP contribution in [0.4, 0.5) is 0 Å². The molecule has 4 N–H and O–H groups in total. The molecule has 9 heteroatoms. The number of pyridine rings is 1. The van der Waals surface area contributed by atoms with Gasteiger partial charge in [0.2, 0.25) is 0 Å². The lowest BCUT2D eigenvalue weighted by Crippen LogP contribution is -2.40. The molecule has 0 bridgehead atoms. The molecule has 1 fully saturated rings. The summed E-state index contributed by atoms with van der Waals surface area (Å²) in [6.45, 7) is -0.170. The number of rotatable bonds is 5. The van der Waals surface area contributed by atoms with Crippen LogP contribution < -0.4 is 10.3 Å². The van der Waals surface area contributed by atoms with E-state index in [2.05, 4.69) is 4.52 Å². The summed E-state index contributed by atoms with van der Waals surface area (Å²) < 4.78 is 22.4. The normalized spacial score (nSPS) is 22.9. The van der Waals surface area contributed by atoms with Gasteiger partial charge in [0.15, 0.2) is 12.4 Å². The van der Waals surface area contributed by atoms with Gasteiger partial charge in [0.05, 0.1) is 12.7 Å². The number of phosphoric acid groups is 1. The summed E-state index contributed by atoms with van der Waals surface area (Å²) >= 11 is 0. The van der Waals surface area contributed by atoms with Crippen molar-refractivity contribution in [1.29, 1.82) is 0 Å². The molecule has 20 heavy (non-hydrogen) atoms. The highest BCUT2D eigenvalue weighted by Crippen LogP contribution is 2.37. The quantitative estimate of drug-likeness (QED) is 0.514. The Morgan fingerprint density at radius 2 is 2.30 bits per heavy atom. The van der Waals surface area contributed by atoms with Crippen molar-refractivity contribution in [2.75, 3.05) is 6.61 Å². The fraction of sp³-hybridized carbons (Fsp3) is 0.455. The monoisotopic (exact) mass is 303 g/mol. The van der Waals surface area contributed by atoms with Crippen LogP contribution in [0.1, 0.15) is 29.4 Å². The summed E-state index contributed by atoms with van der Waals surface area (Å²) in [6.07, 6.45) is 3.89. The maximum absolute atomic E-state index is 11.1. The molecular weight excluding hydrogens is 287 g/mol. The topological polar surface area (TPSA) is 123 Å². The molecule has 1 aromatic rings. The molecule has 0 radical (unpaired) electrons. The van der Waals surface area contributed by atoms with E-state index in [1.54, 1.807) is 29.1 Å². The second-order valence-electron chi connectivity index (χ2n) is 4.48. The fourth-order valence-corrected chi connectivity index (χ4v) is 2.39. The van der Waals surface area contributed by atoms with Crippen LogP contribution in [-0.4, -0.2) is 28.4 Å². The van der Waals surface area contributed by atoms with Crippen LogP contribution in [-0.2, 0) is 13.8 Å². The molecule has 0 spiro atoms. The first-order valence-corrected chi connectivity index (χ1v) is 7.54. The third-order valence-electron chi connectivity index (χ3n) is 2.95. The number of carbonyl (C=O) groups is 1. The van der Waals surface area contributed by atoms with Crippen molar-refractivity contribution in [2.24, 2.45) is 5.73 Å². The second-order valence-corrected chi connectivity index (χ2v) is 5.72. The Labute approximate surface area is 115 Å². The Hall–Kier alpha value is -1.31. The number of nitrogens with zero attached hydrogens (tertiary/aromatic N) is 1. The summed E-state index contributed by atoms with van der Waals surface area (Å²) in [4.78, 5) is 28.4. The minimum absolute atomic E-state index is 0.170. The smallest absolute Gasteiger partial charge is 0.365 e. The predicted molar refractivity (Wildman–Crippen MR) is 66.3 cm³/mol. The van der Waals surface area contributed by atoms with Crippen molar-refractivity contribution < 1.29 is 33.0 Å². The average Bonchev–Trinajstić information content (AvgIpc) is 2.84. The lowest BCUT2D eigenvalue weighted by Gasteiger charge is -2.11. The standard InChI is InChI=1S/C11H15N2O6P/c12-11(14)8-2-1-5-13(6-8)10-4-3-9(19-10)7-18-20(15,16)17/h1-2,5-6,9-10H,3-4,7H2,(H3-,12,14,15,16,17)/p+1. The van der Waals surface area contributed by atoms with Gasteiger partial charge in [-0.1, -0.05) is 0 Å². The number of phosphoric ester groups is 1. The van der Waals surface area contributed by atoms with Crippen molar-refractivity contribution >= 4 is 13.7 Å². The molecular formula is C11H16N2O6P+. The molecule has 1 aliphatic heterocycles. The zero-order chi connectivity index (χ0) is 14.8. The van der Waals surface area contributed by atoms with Crippen LogP contribution in [0, 0.1) is 0 Å². The van der Waals surface area contributed by atoms with Gasteiger partial charge in [-0.25, -0.2) is 4.57 Å². The highest BCUT2D eigenvalue weighted by atomic mass is 31.2. The maximum atomic E-state index is 11.1. The molecule has 110 valence electrons. The van der Waals surface area contributed by atoms with Crippen LogP contribution >= 0.6 is 7.82 Å². The lowest BCUT2D eigenvalue weighted by molar-refractivity contribution is -0.759. The van der Waals surface area contributed by atoms with Crippen LogP contribution in [0.25, 0.3) is 0 Å². The van der Waals surface area contributed by atoms with Gasteiger partial charge in [0, 0.05) is 12.5 Å². The van der Waals surface area contributed by atoms with E-state index in [1.807, 2.05) is 0 Å². The van der Waals surface area contributed by atoms with E-state index in [0.29, 0.717) is 18.4 Å². The molecule has 8 nitrogen and oxygen atoms in total. The Morgan fingerprint density at radius 1 is 1.55 bits per heavy atom. The van der Waals surface area contributed by atoms with Gasteiger partial charge in [-0.05, 0) is 12.5 Å². The van der Waals surface area contributed by atoms with E-state index in [1.165, 1.54) is 0 Å². The Bertz CT molecular complexity index is 545. The first-order chi connectivity index (χ1) is 9.35. The molecule has 2 rings (SSSR count). The summed E-state index contributed by atoms with van der Waals surface area (Å²) in [5.74, 6) is -0.529. The molecule has 1 amide bonds. The van der Waals surface area contributed by atoms with Gasteiger partial charge in [0.1, 0.15) is 5.56 Å². The zero-order valence-electron chi connectivity index (χ0n) is 10.6. The first kappa shape index (κ1) is 15.1. The van der Waals surface area contributed by atoms with Gasteiger partial charge in [-0.3, -0.25) is 9.32 Å². The molecule has 0 aromatic carbocycles. The van der Waals surface area contributed by atoms with Gasteiger partial charge in [0.25, 0.3) is 12.1 Å². The van der Waals surface area contributed by atoms with Crippen LogP contribution in [0.2, 0.25) is 0 Å². The van der Waals surface area contributed by atoms with Gasteiger partial charge in [-0.15, -0.1) is 0 Å². The van der Waals surface area contributed by atoms with Crippen LogP contribution in [0.15, 0.2) is 24.5 Å². The Morgan fingerprint density at radius 3 is 2.95 bits per heavy atom. The predicted octanol–water partition coefficient (Wildman–Crippen LogP) is -0.140. The van der Waals surface area contributed by atoms with Crippen molar-refractivity contribution in [1.82, 2.24) is 0 Å². The van der Waals surface area contributed by atoms with E-state index in [4.69, 9.17) is 20.3 Å². The van der Waals surface area contributed by atoms with E-state index in [9.17, 15) is 9.36 Å². The number of aromatic nitrogens is 1. The molecule has 1 saturated heterocycles. The molecule has 1 aromatic heterocycles. The lowest BCUT2D eigenvalue weighted by atomic mass is 10.2. The number of amides is 1. The van der Waals surface area contributed by atoms with Gasteiger partial charge in [-0.2, -0.15) is 4.57 Å². The molecule has 2 heterocycles. The summed E-state index contributed by atoms with van der Waals surface area (Å²) in [5, 5.41) is 0. The SMILES string of the molecule is NC(=O)c1ccc[n+](C2CCC(COP(=O)(O)O)O2)c1. The van der Waals surface area contributed by atoms with Crippen molar-refractivity contribution in [3.63, 3.8) is 0 Å². The van der Waals surface area contributed by atoms with E-state index in [0.717, 1.165) is 0 Å². The average molecular weight is 303 g/mol. The highest BCUT2D eigenvalue weighted by Gasteiger charge is 2.33. The van der Waals surface area contributed by atoms with E-state index in [-0.39, 0.29) is 12.8 Å². The number of ether oxygens (including phenoxy) is 1. The molecule has 2 atom stereocenters. The molecule has 2 unspecified atom stereocenters. The van der Waals surface area contributed by atoms with Gasteiger partial charge >= 0.3 is 7.82 Å². The summed E-state index contributed by atoms with van der Waals surface area (Å²) in [7, 11) is -4.48. The third-order valence-corrected chi connectivity index (χ3v) is 3.44. The minimum atomic E-state index is -4.48. The van der Waals surface area contributed by atoms with Crippen molar-refractivity contribution in [3.05, 3.63) is 30.1 Å². The number of hydrogen-bond donors (Lipinski definition) is 3. The summed E-state index contributed by atoms with van der Waals surface area (Å²) in [5.41, 5.74) is 5.57. The maximum Gasteiger partial charge on any atom is 0.469 e. The summed E-state index contributed by atoms with van der Waals surface area (Å²) in [6, 6.07) is 3.28. The molecule has 1 aliphatic rings. The fourth-order valence-electron chi connectivity index (χ4n) is 2.03. The Balaban J connectivity index is 1.97. The highest BCUT2D eigenvalue weighted by molar-refractivity contribution is 7.46. The number of primary amides is 1. The van der Waals surface area contributed by atoms with Crippen molar-refractivity contribution in [3.8, 4) is 0 Å². The van der Waals surface area contributed by atoms with E-state index >= 15 is 0 Å². The van der Waals surface area contributed by atoms with E-state index < -0.39 is 19.8 Å². The van der Waals surface area contributed by atoms with Crippen molar-refractivity contribution in [2.45, 2.75) is 25.2 Å². The Kier molecular flexibility index (Phi) is 4.52. The van der Waals surface area contributed by atoms with Crippen LogP contribution in [0.3, 0.4) is 0 Å². The minimum Gasteiger partial charge on any atom is -0.365 e. The van der Waals surface area contributed by atoms with Gasteiger partial charge < -0.3 is 20.3 Å². The van der Waals surface area contributed by atoms with Crippen LogP contribution in [0.5, 0.6) is 0 Å². The molecule has 0 aliphatic carbocycles. The number of carbonyl (C=O) groups excluding carboxylic acids is 1. The zero-order valence-corrected chi connectivity index (χ0v) is 11.5. The number of nitrogens with two attached hydrogens (primary N) is 1. The third kappa shape index (κ3) is 4.09. The second kappa shape index (κ2) is 5.99. The largest absolute Gasteiger partial charge is 0.469 e. The number of hydrogen-bond acceptors (Lipinski definition) is 4.